The lowest BCUT2D eigenvalue weighted by molar-refractivity contribution is 0.0967. The molecule has 11 heteroatoms. The van der Waals surface area contributed by atoms with Crippen LogP contribution in [0.25, 0.3) is 5.52 Å². The zero-order valence-electron chi connectivity index (χ0n) is 21.0. The number of alkyl carbamates (subject to hydrolysis) is 1. The number of H-pyrrole nitrogens is 1. The van der Waals surface area contributed by atoms with E-state index in [4.69, 9.17) is 9.84 Å². The summed E-state index contributed by atoms with van der Waals surface area (Å²) >= 11 is 0. The highest BCUT2D eigenvalue weighted by Crippen LogP contribution is 2.37. The summed E-state index contributed by atoms with van der Waals surface area (Å²) in [5.74, 6) is 1.73. The zero-order valence-corrected chi connectivity index (χ0v) is 21.0. The average Bonchev–Trinajstić information content (AvgIpc) is 3.24. The van der Waals surface area contributed by atoms with Crippen LogP contribution in [0.2, 0.25) is 0 Å². The van der Waals surface area contributed by atoms with Gasteiger partial charge in [-0.1, -0.05) is 0 Å². The van der Waals surface area contributed by atoms with Crippen molar-refractivity contribution in [3.63, 3.8) is 0 Å². The van der Waals surface area contributed by atoms with Crippen LogP contribution in [-0.4, -0.2) is 85.6 Å². The molecule has 2 saturated carbocycles. The van der Waals surface area contributed by atoms with Crippen molar-refractivity contribution in [3.05, 3.63) is 35.9 Å². The number of nitrogens with one attached hydrogen (secondary N) is 3. The standard InChI is InChI=1S/C25H35N9O2/c1-25(5-6-25)28-24(35)36-19-4-3-17(13-19)20-15-22(30-29-20)27-23-21-14-18(31-34(21)8-7-26-23)16-33-11-9-32(2)10-12-33/h7-8,14-15,17,19H,3-6,9-13,16H2,1-2H3,(H,28,35)(H2,26,27,29,30). The molecular formula is C25H35N9O2. The predicted molar refractivity (Wildman–Crippen MR) is 135 cm³/mol. The molecule has 3 aromatic heterocycles. The molecule has 3 aliphatic rings. The first kappa shape index (κ1) is 23.2. The molecule has 2 atom stereocenters. The van der Waals surface area contributed by atoms with Gasteiger partial charge in [0.15, 0.2) is 11.6 Å². The Balaban J connectivity index is 1.07. The number of aromatic amines is 1. The topological polar surface area (TPSA) is 116 Å². The van der Waals surface area contributed by atoms with Gasteiger partial charge in [0.1, 0.15) is 11.6 Å². The summed E-state index contributed by atoms with van der Waals surface area (Å²) in [6.07, 6.45) is 7.96. The van der Waals surface area contributed by atoms with E-state index in [1.807, 2.05) is 16.8 Å². The van der Waals surface area contributed by atoms with E-state index >= 15 is 0 Å². The van der Waals surface area contributed by atoms with Crippen molar-refractivity contribution in [3.8, 4) is 0 Å². The number of hydrogen-bond donors (Lipinski definition) is 3. The van der Waals surface area contributed by atoms with Crippen molar-refractivity contribution < 1.29 is 9.53 Å². The molecule has 2 aliphatic carbocycles. The van der Waals surface area contributed by atoms with Gasteiger partial charge in [0.05, 0.1) is 5.69 Å². The number of aromatic nitrogens is 5. The second-order valence-corrected chi connectivity index (χ2v) is 10.9. The van der Waals surface area contributed by atoms with Crippen molar-refractivity contribution in [2.45, 2.75) is 63.1 Å². The molecule has 3 N–H and O–H groups in total. The first-order valence-electron chi connectivity index (χ1n) is 13.0. The van der Waals surface area contributed by atoms with Crippen molar-refractivity contribution in [2.75, 3.05) is 38.5 Å². The second kappa shape index (κ2) is 9.36. The van der Waals surface area contributed by atoms with Crippen LogP contribution >= 0.6 is 0 Å². The molecule has 11 nitrogen and oxygen atoms in total. The number of likely N-dealkylation sites (N-methyl/N-ethyl adjacent to an activating group) is 1. The molecule has 6 rings (SSSR count). The molecule has 0 bridgehead atoms. The lowest BCUT2D eigenvalue weighted by atomic mass is 10.0. The van der Waals surface area contributed by atoms with Gasteiger partial charge in [-0.15, -0.1) is 0 Å². The van der Waals surface area contributed by atoms with Crippen LogP contribution in [0.5, 0.6) is 0 Å². The first-order chi connectivity index (χ1) is 17.4. The van der Waals surface area contributed by atoms with Gasteiger partial charge in [-0.2, -0.15) is 10.2 Å². The van der Waals surface area contributed by atoms with Crippen molar-refractivity contribution >= 4 is 23.2 Å². The molecule has 0 aromatic carbocycles. The minimum absolute atomic E-state index is 0.0574. The Morgan fingerprint density at radius 3 is 2.86 bits per heavy atom. The van der Waals surface area contributed by atoms with Gasteiger partial charge < -0.3 is 20.3 Å². The Morgan fingerprint density at radius 1 is 1.22 bits per heavy atom. The van der Waals surface area contributed by atoms with Gasteiger partial charge in [0, 0.05) is 68.3 Å². The minimum atomic E-state index is -0.292. The zero-order chi connectivity index (χ0) is 24.7. The Hall–Kier alpha value is -3.18. The van der Waals surface area contributed by atoms with Crippen LogP contribution in [-0.2, 0) is 11.3 Å². The lowest BCUT2D eigenvalue weighted by Gasteiger charge is -2.31. The summed E-state index contributed by atoms with van der Waals surface area (Å²) in [5.41, 5.74) is 2.96. The summed E-state index contributed by atoms with van der Waals surface area (Å²) < 4.78 is 7.54. The summed E-state index contributed by atoms with van der Waals surface area (Å²) in [4.78, 5) is 21.5. The van der Waals surface area contributed by atoms with Gasteiger partial charge >= 0.3 is 6.09 Å². The minimum Gasteiger partial charge on any atom is -0.446 e. The maximum Gasteiger partial charge on any atom is 0.407 e. The third kappa shape index (κ3) is 5.17. The molecule has 192 valence electrons. The van der Waals surface area contributed by atoms with Crippen LogP contribution in [0.1, 0.15) is 56.3 Å². The van der Waals surface area contributed by atoms with Crippen LogP contribution in [0, 0.1) is 0 Å². The number of carbonyl (C=O) groups is 1. The van der Waals surface area contributed by atoms with E-state index < -0.39 is 0 Å². The fourth-order valence-corrected chi connectivity index (χ4v) is 5.18. The number of carbonyl (C=O) groups excluding carboxylic acids is 1. The van der Waals surface area contributed by atoms with Gasteiger partial charge in [-0.25, -0.2) is 14.3 Å². The number of amides is 1. The van der Waals surface area contributed by atoms with Crippen LogP contribution < -0.4 is 10.6 Å². The number of rotatable bonds is 7. The number of ether oxygens (including phenoxy) is 1. The molecule has 36 heavy (non-hydrogen) atoms. The van der Waals surface area contributed by atoms with Crippen molar-refractivity contribution in [1.29, 1.82) is 0 Å². The van der Waals surface area contributed by atoms with E-state index in [-0.39, 0.29) is 23.7 Å². The van der Waals surface area contributed by atoms with Crippen LogP contribution in [0.15, 0.2) is 24.5 Å². The Labute approximate surface area is 210 Å². The van der Waals surface area contributed by atoms with Gasteiger partial charge in [-0.05, 0) is 52.1 Å². The third-order valence-corrected chi connectivity index (χ3v) is 7.77. The molecule has 3 aromatic rings. The quantitative estimate of drug-likeness (QED) is 0.460. The Morgan fingerprint density at radius 2 is 2.06 bits per heavy atom. The van der Waals surface area contributed by atoms with Crippen molar-refractivity contribution in [1.82, 2.24) is 39.9 Å². The highest BCUT2D eigenvalue weighted by molar-refractivity contribution is 5.72. The Bertz CT molecular complexity index is 1230. The first-order valence-corrected chi connectivity index (χ1v) is 13.0. The van der Waals surface area contributed by atoms with E-state index in [1.54, 1.807) is 6.20 Å². The van der Waals surface area contributed by atoms with Gasteiger partial charge in [0.25, 0.3) is 0 Å². The number of nitrogens with zero attached hydrogens (tertiary/aromatic N) is 6. The summed E-state index contributed by atoms with van der Waals surface area (Å²) in [6.45, 7) is 7.18. The third-order valence-electron chi connectivity index (χ3n) is 7.77. The van der Waals surface area contributed by atoms with E-state index in [1.165, 1.54) is 0 Å². The highest BCUT2D eigenvalue weighted by atomic mass is 16.6. The predicted octanol–water partition coefficient (Wildman–Crippen LogP) is 2.86. The number of anilines is 2. The summed E-state index contributed by atoms with van der Waals surface area (Å²) in [7, 11) is 2.17. The smallest absolute Gasteiger partial charge is 0.407 e. The lowest BCUT2D eigenvalue weighted by Crippen LogP contribution is -2.43. The van der Waals surface area contributed by atoms with Crippen LogP contribution in [0.4, 0.5) is 16.4 Å². The SMILES string of the molecule is CN1CCN(Cc2cc3c(Nc4cc(C5CCC(OC(=O)NC6(C)CC6)C5)[nH]n4)nccn3n2)CC1. The molecule has 3 fully saturated rings. The van der Waals surface area contributed by atoms with Crippen molar-refractivity contribution in [2.24, 2.45) is 0 Å². The molecule has 1 aliphatic heterocycles. The number of fused-ring (bicyclic) bond motifs is 1. The van der Waals surface area contributed by atoms with E-state index in [0.29, 0.717) is 0 Å². The molecule has 2 unspecified atom stereocenters. The Kier molecular flexibility index (Phi) is 6.04. The van der Waals surface area contributed by atoms with Gasteiger partial charge in [-0.3, -0.25) is 10.00 Å². The largest absolute Gasteiger partial charge is 0.446 e. The normalized spacial score (nSPS) is 24.2. The summed E-state index contributed by atoms with van der Waals surface area (Å²) in [6, 6.07) is 4.14. The molecule has 0 radical (unpaired) electrons. The van der Waals surface area contributed by atoms with E-state index in [9.17, 15) is 4.79 Å². The molecule has 1 amide bonds. The van der Waals surface area contributed by atoms with E-state index in [2.05, 4.69) is 55.7 Å². The van der Waals surface area contributed by atoms with Crippen LogP contribution in [0.3, 0.4) is 0 Å². The number of piperazine rings is 1. The monoisotopic (exact) mass is 493 g/mol. The summed E-state index contributed by atoms with van der Waals surface area (Å²) in [5, 5.41) is 18.7. The average molecular weight is 494 g/mol. The molecule has 4 heterocycles. The maximum atomic E-state index is 12.2. The highest BCUT2D eigenvalue weighted by Gasteiger charge is 2.40. The molecule has 1 saturated heterocycles. The molecule has 0 spiro atoms. The second-order valence-electron chi connectivity index (χ2n) is 10.9. The fraction of sp³-hybridized carbons (Fsp3) is 0.600. The maximum absolute atomic E-state index is 12.2. The number of hydrogen-bond acceptors (Lipinski definition) is 8. The van der Waals surface area contributed by atoms with Gasteiger partial charge in [0.2, 0.25) is 0 Å². The van der Waals surface area contributed by atoms with E-state index in [0.717, 1.165) is 93.4 Å². The fourth-order valence-electron chi connectivity index (χ4n) is 5.18. The molecular weight excluding hydrogens is 458 g/mol.